The molecule has 0 fully saturated rings. The third kappa shape index (κ3) is 1.15. The number of nitrogens with zero attached hydrogens (tertiary/aromatic N) is 1. The monoisotopic (exact) mass is 182 g/mol. The summed E-state index contributed by atoms with van der Waals surface area (Å²) in [6.07, 6.45) is 0. The highest BCUT2D eigenvalue weighted by molar-refractivity contribution is 5.91. The highest BCUT2D eigenvalue weighted by Gasteiger charge is 2.19. The van der Waals surface area contributed by atoms with Gasteiger partial charge in [0.1, 0.15) is 5.69 Å². The summed E-state index contributed by atoms with van der Waals surface area (Å²) in [5, 5.41) is 3.06. The number of primary amides is 1. The maximum Gasteiger partial charge on any atom is 0.326 e. The van der Waals surface area contributed by atoms with Gasteiger partial charge in [-0.1, -0.05) is 0 Å². The third-order valence-corrected chi connectivity index (χ3v) is 2.14. The van der Waals surface area contributed by atoms with Crippen molar-refractivity contribution in [3.8, 4) is 0 Å². The number of rotatable bonds is 1. The Balaban J connectivity index is 2.60. The van der Waals surface area contributed by atoms with Crippen molar-refractivity contribution in [2.75, 3.05) is 6.54 Å². The highest BCUT2D eigenvalue weighted by atomic mass is 16.2. The van der Waals surface area contributed by atoms with E-state index >= 15 is 0 Å². The van der Waals surface area contributed by atoms with E-state index < -0.39 is 5.91 Å². The van der Waals surface area contributed by atoms with Crippen molar-refractivity contribution < 1.29 is 4.79 Å². The Morgan fingerprint density at radius 2 is 2.31 bits per heavy atom. The molecule has 6 nitrogen and oxygen atoms in total. The van der Waals surface area contributed by atoms with Gasteiger partial charge in [-0.25, -0.2) is 4.79 Å². The molecule has 70 valence electrons. The average Bonchev–Trinajstić information content (AvgIpc) is 2.45. The van der Waals surface area contributed by atoms with E-state index in [2.05, 4.69) is 10.3 Å². The van der Waals surface area contributed by atoms with Gasteiger partial charge in [0, 0.05) is 19.6 Å². The maximum atomic E-state index is 11.3. The number of carbonyl (C=O) groups excluding carboxylic acids is 1. The van der Waals surface area contributed by atoms with Crippen LogP contribution in [0.5, 0.6) is 0 Å². The van der Waals surface area contributed by atoms with Crippen LogP contribution in [0.1, 0.15) is 16.2 Å². The molecule has 0 atom stereocenters. The molecule has 0 bridgehead atoms. The molecule has 1 aliphatic rings. The largest absolute Gasteiger partial charge is 0.364 e. The normalized spacial score (nSPS) is 15.4. The van der Waals surface area contributed by atoms with Crippen LogP contribution in [0, 0.1) is 0 Å². The zero-order chi connectivity index (χ0) is 9.42. The summed E-state index contributed by atoms with van der Waals surface area (Å²) in [6.45, 7) is 1.83. The Kier molecular flexibility index (Phi) is 1.70. The number of carbonyl (C=O) groups is 1. The minimum absolute atomic E-state index is 0.220. The van der Waals surface area contributed by atoms with Crippen molar-refractivity contribution in [3.05, 3.63) is 21.9 Å². The number of fused-ring (bicyclic) bond motifs is 1. The van der Waals surface area contributed by atoms with Crippen LogP contribution in [-0.4, -0.2) is 22.0 Å². The van der Waals surface area contributed by atoms with Gasteiger partial charge < -0.3 is 16.0 Å². The minimum atomic E-state index is -0.588. The van der Waals surface area contributed by atoms with E-state index in [1.165, 1.54) is 4.57 Å². The van der Waals surface area contributed by atoms with Crippen LogP contribution >= 0.6 is 0 Å². The van der Waals surface area contributed by atoms with Crippen molar-refractivity contribution in [1.29, 1.82) is 0 Å². The molecule has 0 radical (unpaired) electrons. The van der Waals surface area contributed by atoms with Crippen LogP contribution in [0.25, 0.3) is 0 Å². The van der Waals surface area contributed by atoms with Crippen LogP contribution in [0.4, 0.5) is 0 Å². The number of nitrogens with two attached hydrogens (primary N) is 1. The van der Waals surface area contributed by atoms with Crippen molar-refractivity contribution in [1.82, 2.24) is 14.9 Å². The first kappa shape index (κ1) is 8.06. The molecule has 1 aromatic rings. The van der Waals surface area contributed by atoms with Crippen LogP contribution in [-0.2, 0) is 13.1 Å². The first-order valence-corrected chi connectivity index (χ1v) is 4.02. The molecule has 0 unspecified atom stereocenters. The SMILES string of the molecule is NC(=O)c1[nH]c(=O)n2c1CNCC2. The predicted octanol–water partition coefficient (Wildman–Crippen LogP) is -1.62. The first-order chi connectivity index (χ1) is 6.20. The summed E-state index contributed by atoms with van der Waals surface area (Å²) >= 11 is 0. The van der Waals surface area contributed by atoms with E-state index in [1.54, 1.807) is 0 Å². The fraction of sp³-hybridized carbons (Fsp3) is 0.429. The molecule has 4 N–H and O–H groups in total. The fourth-order valence-corrected chi connectivity index (χ4v) is 1.53. The van der Waals surface area contributed by atoms with Crippen molar-refractivity contribution >= 4 is 5.91 Å². The number of imidazole rings is 1. The number of H-pyrrole nitrogens is 1. The summed E-state index contributed by atoms with van der Waals surface area (Å²) in [6, 6.07) is 0. The van der Waals surface area contributed by atoms with Crippen LogP contribution in [0.15, 0.2) is 4.79 Å². The molecule has 0 saturated heterocycles. The zero-order valence-corrected chi connectivity index (χ0v) is 6.96. The average molecular weight is 182 g/mol. The molecule has 1 aromatic heterocycles. The van der Waals surface area contributed by atoms with E-state index in [0.29, 0.717) is 18.8 Å². The second kappa shape index (κ2) is 2.74. The zero-order valence-electron chi connectivity index (χ0n) is 6.96. The topological polar surface area (TPSA) is 92.9 Å². The number of aromatic amines is 1. The van der Waals surface area contributed by atoms with Crippen LogP contribution in [0.2, 0.25) is 0 Å². The lowest BCUT2D eigenvalue weighted by atomic mass is 10.2. The molecule has 0 aromatic carbocycles. The first-order valence-electron chi connectivity index (χ1n) is 4.02. The van der Waals surface area contributed by atoms with Gasteiger partial charge in [-0.15, -0.1) is 0 Å². The fourth-order valence-electron chi connectivity index (χ4n) is 1.53. The molecule has 13 heavy (non-hydrogen) atoms. The lowest BCUT2D eigenvalue weighted by molar-refractivity contribution is 0.0994. The van der Waals surface area contributed by atoms with Gasteiger partial charge in [-0.05, 0) is 0 Å². The second-order valence-electron chi connectivity index (χ2n) is 2.94. The van der Waals surface area contributed by atoms with Gasteiger partial charge in [0.05, 0.1) is 5.69 Å². The Hall–Kier alpha value is -1.56. The van der Waals surface area contributed by atoms with Gasteiger partial charge in [-0.3, -0.25) is 9.36 Å². The van der Waals surface area contributed by atoms with E-state index in [0.717, 1.165) is 6.54 Å². The molecular weight excluding hydrogens is 172 g/mol. The van der Waals surface area contributed by atoms with Crippen molar-refractivity contribution in [2.45, 2.75) is 13.1 Å². The van der Waals surface area contributed by atoms with Crippen molar-refractivity contribution in [2.24, 2.45) is 5.73 Å². The summed E-state index contributed by atoms with van der Waals surface area (Å²) in [4.78, 5) is 24.6. The second-order valence-corrected chi connectivity index (χ2v) is 2.94. The highest BCUT2D eigenvalue weighted by Crippen LogP contribution is 2.06. The molecule has 2 rings (SSSR count). The number of aromatic nitrogens is 2. The molecule has 0 saturated carbocycles. The van der Waals surface area contributed by atoms with E-state index in [9.17, 15) is 9.59 Å². The summed E-state index contributed by atoms with van der Waals surface area (Å²) in [5.41, 5.74) is 5.72. The number of hydrogen-bond acceptors (Lipinski definition) is 3. The maximum absolute atomic E-state index is 11.3. The van der Waals surface area contributed by atoms with Gasteiger partial charge in [0.2, 0.25) is 0 Å². The van der Waals surface area contributed by atoms with Crippen molar-refractivity contribution in [3.63, 3.8) is 0 Å². The quantitative estimate of drug-likeness (QED) is 0.487. The molecule has 0 aliphatic carbocycles. The molecule has 1 aliphatic heterocycles. The summed E-state index contributed by atoms with van der Waals surface area (Å²) in [7, 11) is 0. The number of amides is 1. The van der Waals surface area contributed by atoms with Gasteiger partial charge in [-0.2, -0.15) is 0 Å². The standard InChI is InChI=1S/C7H10N4O2/c8-6(12)5-4-3-9-1-2-11(4)7(13)10-5/h9H,1-3H2,(H2,8,12)(H,10,13). The molecule has 2 heterocycles. The van der Waals surface area contributed by atoms with E-state index in [1.807, 2.05) is 0 Å². The van der Waals surface area contributed by atoms with E-state index in [4.69, 9.17) is 5.73 Å². The number of hydrogen-bond donors (Lipinski definition) is 3. The lowest BCUT2D eigenvalue weighted by Crippen LogP contribution is -2.33. The summed E-state index contributed by atoms with van der Waals surface area (Å²) < 4.78 is 1.54. The Bertz CT molecular complexity index is 403. The molecule has 0 spiro atoms. The van der Waals surface area contributed by atoms with Crippen LogP contribution < -0.4 is 16.7 Å². The Labute approximate surface area is 73.7 Å². The smallest absolute Gasteiger partial charge is 0.326 e. The van der Waals surface area contributed by atoms with Crippen LogP contribution in [0.3, 0.4) is 0 Å². The van der Waals surface area contributed by atoms with Gasteiger partial charge in [0.15, 0.2) is 0 Å². The summed E-state index contributed by atoms with van der Waals surface area (Å²) in [5.74, 6) is -0.588. The molecular formula is C7H10N4O2. The predicted molar refractivity (Wildman–Crippen MR) is 45.3 cm³/mol. The number of nitrogens with one attached hydrogen (secondary N) is 2. The third-order valence-electron chi connectivity index (χ3n) is 2.14. The lowest BCUT2D eigenvalue weighted by Gasteiger charge is -2.14. The Morgan fingerprint density at radius 1 is 1.54 bits per heavy atom. The van der Waals surface area contributed by atoms with Gasteiger partial charge >= 0.3 is 5.69 Å². The van der Waals surface area contributed by atoms with Gasteiger partial charge in [0.25, 0.3) is 5.91 Å². The minimum Gasteiger partial charge on any atom is -0.364 e. The van der Waals surface area contributed by atoms with E-state index in [-0.39, 0.29) is 11.4 Å². The molecule has 6 heteroatoms. The molecule has 1 amide bonds. The Morgan fingerprint density at radius 3 is 3.00 bits per heavy atom.